The van der Waals surface area contributed by atoms with Crippen molar-refractivity contribution in [3.8, 4) is 5.75 Å². The van der Waals surface area contributed by atoms with Crippen molar-refractivity contribution in [1.82, 2.24) is 10.2 Å². The van der Waals surface area contributed by atoms with Crippen molar-refractivity contribution in [3.63, 3.8) is 0 Å². The van der Waals surface area contributed by atoms with Crippen molar-refractivity contribution in [2.75, 3.05) is 32.8 Å². The number of nitrogens with one attached hydrogen (secondary N) is 1. The van der Waals surface area contributed by atoms with Gasteiger partial charge in [0.25, 0.3) is 0 Å². The molecule has 2 fully saturated rings. The molecule has 1 amide bonds. The van der Waals surface area contributed by atoms with Gasteiger partial charge in [-0.25, -0.2) is 0 Å². The maximum absolute atomic E-state index is 12.5. The number of hydrogen-bond acceptors (Lipinski definition) is 4. The van der Waals surface area contributed by atoms with Gasteiger partial charge in [0.1, 0.15) is 5.75 Å². The molecule has 25 heavy (non-hydrogen) atoms. The van der Waals surface area contributed by atoms with Gasteiger partial charge in [-0.1, -0.05) is 18.2 Å². The van der Waals surface area contributed by atoms with Gasteiger partial charge in [-0.05, 0) is 44.2 Å². The van der Waals surface area contributed by atoms with E-state index in [4.69, 9.17) is 9.47 Å². The predicted octanol–water partition coefficient (Wildman–Crippen LogP) is 2.52. The number of ether oxygens (including phenoxy) is 2. The second kappa shape index (κ2) is 6.96. The van der Waals surface area contributed by atoms with Crippen LogP contribution in [0.5, 0.6) is 5.75 Å². The van der Waals surface area contributed by atoms with Crippen molar-refractivity contribution in [2.24, 2.45) is 5.41 Å². The zero-order valence-electron chi connectivity index (χ0n) is 15.0. The van der Waals surface area contributed by atoms with E-state index in [1.54, 1.807) is 0 Å². The number of likely N-dealkylation sites (tertiary alicyclic amines) is 1. The van der Waals surface area contributed by atoms with Gasteiger partial charge < -0.3 is 14.8 Å². The Balaban J connectivity index is 1.28. The molecule has 5 heteroatoms. The van der Waals surface area contributed by atoms with Crippen LogP contribution >= 0.6 is 0 Å². The van der Waals surface area contributed by atoms with E-state index in [-0.39, 0.29) is 11.9 Å². The number of nitrogens with zero attached hydrogens (tertiary/aromatic N) is 1. The Labute approximate surface area is 149 Å². The van der Waals surface area contributed by atoms with E-state index in [1.165, 1.54) is 6.42 Å². The third-order valence-electron chi connectivity index (χ3n) is 5.90. The van der Waals surface area contributed by atoms with E-state index in [2.05, 4.69) is 17.1 Å². The predicted molar refractivity (Wildman–Crippen MR) is 95.6 cm³/mol. The third-order valence-corrected chi connectivity index (χ3v) is 5.90. The van der Waals surface area contributed by atoms with E-state index in [0.29, 0.717) is 24.7 Å². The molecule has 1 saturated carbocycles. The maximum Gasteiger partial charge on any atom is 0.234 e. The fourth-order valence-electron chi connectivity index (χ4n) is 4.69. The van der Waals surface area contributed by atoms with Gasteiger partial charge in [0.2, 0.25) is 5.91 Å². The minimum absolute atomic E-state index is 0.0695. The standard InChI is InChI=1S/C20H28N2O3/c1-2-24-15-11-20(12-15)8-9-22(14-20)13-19(23)21-17-7-10-25-18-6-4-3-5-16(17)18/h3-6,15,17H,2,7-14H2,1H3,(H,21,23). The fourth-order valence-corrected chi connectivity index (χ4v) is 4.69. The first-order chi connectivity index (χ1) is 12.2. The molecule has 1 saturated heterocycles. The SMILES string of the molecule is CCOC1CC2(CCN(CC(=O)NC3CCOc4ccccc43)C2)C1. The molecular weight excluding hydrogens is 316 g/mol. The van der Waals surface area contributed by atoms with Crippen molar-refractivity contribution in [3.05, 3.63) is 29.8 Å². The molecule has 0 bridgehead atoms. The molecule has 136 valence electrons. The molecule has 1 unspecified atom stereocenters. The Kier molecular flexibility index (Phi) is 4.69. The molecular formula is C20H28N2O3. The van der Waals surface area contributed by atoms with Crippen LogP contribution in [0.4, 0.5) is 0 Å². The summed E-state index contributed by atoms with van der Waals surface area (Å²) in [5.41, 5.74) is 1.50. The second-order valence-corrected chi connectivity index (χ2v) is 7.74. The lowest BCUT2D eigenvalue weighted by atomic mass is 9.66. The largest absolute Gasteiger partial charge is 0.493 e. The zero-order chi connectivity index (χ0) is 17.3. The minimum atomic E-state index is 0.0695. The Morgan fingerprint density at radius 3 is 3.08 bits per heavy atom. The van der Waals surface area contributed by atoms with Gasteiger partial charge in [-0.15, -0.1) is 0 Å². The van der Waals surface area contributed by atoms with Crippen LogP contribution in [0.25, 0.3) is 0 Å². The number of fused-ring (bicyclic) bond motifs is 1. The molecule has 2 aliphatic heterocycles. The molecule has 1 atom stereocenters. The van der Waals surface area contributed by atoms with E-state index in [0.717, 1.165) is 50.3 Å². The molecule has 5 nitrogen and oxygen atoms in total. The van der Waals surface area contributed by atoms with Gasteiger partial charge in [-0.2, -0.15) is 0 Å². The Morgan fingerprint density at radius 1 is 1.40 bits per heavy atom. The summed E-state index contributed by atoms with van der Waals surface area (Å²) in [6, 6.07) is 8.07. The fraction of sp³-hybridized carbons (Fsp3) is 0.650. The van der Waals surface area contributed by atoms with E-state index in [9.17, 15) is 4.79 Å². The summed E-state index contributed by atoms with van der Waals surface area (Å²) in [6.07, 6.45) is 4.79. The van der Waals surface area contributed by atoms with Crippen LogP contribution in [0, 0.1) is 5.41 Å². The first-order valence-electron chi connectivity index (χ1n) is 9.52. The van der Waals surface area contributed by atoms with Gasteiger partial charge in [0.15, 0.2) is 0 Å². The first-order valence-corrected chi connectivity index (χ1v) is 9.52. The van der Waals surface area contributed by atoms with Crippen LogP contribution in [0.3, 0.4) is 0 Å². The molecule has 0 radical (unpaired) electrons. The molecule has 4 rings (SSSR count). The minimum Gasteiger partial charge on any atom is -0.493 e. The highest BCUT2D eigenvalue weighted by Gasteiger charge is 2.48. The summed E-state index contributed by atoms with van der Waals surface area (Å²) in [4.78, 5) is 14.9. The van der Waals surface area contributed by atoms with Crippen molar-refractivity contribution < 1.29 is 14.3 Å². The lowest BCUT2D eigenvalue weighted by molar-refractivity contribution is -0.123. The molecule has 1 aliphatic carbocycles. The first kappa shape index (κ1) is 16.9. The van der Waals surface area contributed by atoms with E-state index in [1.807, 2.05) is 24.3 Å². The van der Waals surface area contributed by atoms with Gasteiger partial charge in [-0.3, -0.25) is 9.69 Å². The van der Waals surface area contributed by atoms with Crippen molar-refractivity contribution in [2.45, 2.75) is 44.8 Å². The monoisotopic (exact) mass is 344 g/mol. The highest BCUT2D eigenvalue weighted by atomic mass is 16.5. The Morgan fingerprint density at radius 2 is 2.24 bits per heavy atom. The Bertz CT molecular complexity index is 627. The van der Waals surface area contributed by atoms with Gasteiger partial charge in [0.05, 0.1) is 25.3 Å². The molecule has 3 aliphatic rings. The lowest BCUT2D eigenvalue weighted by Crippen LogP contribution is -2.45. The summed E-state index contributed by atoms with van der Waals surface area (Å²) in [5, 5.41) is 3.21. The normalized spacial score (nSPS) is 31.2. The third kappa shape index (κ3) is 3.53. The number of carbonyl (C=O) groups excluding carboxylic acids is 1. The van der Waals surface area contributed by atoms with Gasteiger partial charge in [0, 0.05) is 25.1 Å². The number of amides is 1. The highest BCUT2D eigenvalue weighted by molar-refractivity contribution is 5.78. The van der Waals surface area contributed by atoms with Crippen molar-refractivity contribution >= 4 is 5.91 Å². The average molecular weight is 344 g/mol. The summed E-state index contributed by atoms with van der Waals surface area (Å²) in [5.74, 6) is 1.02. The van der Waals surface area contributed by atoms with Crippen LogP contribution in [0.1, 0.15) is 44.2 Å². The Hall–Kier alpha value is -1.59. The number of carbonyl (C=O) groups is 1. The molecule has 1 spiro atoms. The number of para-hydroxylation sites is 1. The number of rotatable bonds is 5. The van der Waals surface area contributed by atoms with Crippen LogP contribution < -0.4 is 10.1 Å². The molecule has 1 aromatic carbocycles. The molecule has 1 N–H and O–H groups in total. The van der Waals surface area contributed by atoms with Crippen LogP contribution in [0.2, 0.25) is 0 Å². The maximum atomic E-state index is 12.5. The van der Waals surface area contributed by atoms with Crippen LogP contribution in [-0.2, 0) is 9.53 Å². The van der Waals surface area contributed by atoms with Crippen LogP contribution in [0.15, 0.2) is 24.3 Å². The van der Waals surface area contributed by atoms with Crippen LogP contribution in [-0.4, -0.2) is 49.8 Å². The average Bonchev–Trinajstić information content (AvgIpc) is 2.99. The molecule has 1 aromatic rings. The summed E-state index contributed by atoms with van der Waals surface area (Å²) < 4.78 is 11.4. The van der Waals surface area contributed by atoms with Crippen molar-refractivity contribution in [1.29, 1.82) is 0 Å². The number of hydrogen-bond donors (Lipinski definition) is 1. The lowest BCUT2D eigenvalue weighted by Gasteiger charge is -2.44. The van der Waals surface area contributed by atoms with Gasteiger partial charge >= 0.3 is 0 Å². The summed E-state index contributed by atoms with van der Waals surface area (Å²) in [7, 11) is 0. The zero-order valence-corrected chi connectivity index (χ0v) is 15.0. The highest BCUT2D eigenvalue weighted by Crippen LogP contribution is 2.49. The topological polar surface area (TPSA) is 50.8 Å². The van der Waals surface area contributed by atoms with E-state index < -0.39 is 0 Å². The quantitative estimate of drug-likeness (QED) is 0.892. The van der Waals surface area contributed by atoms with E-state index >= 15 is 0 Å². The smallest absolute Gasteiger partial charge is 0.234 e. The molecule has 0 aromatic heterocycles. The second-order valence-electron chi connectivity index (χ2n) is 7.74. The number of benzene rings is 1. The summed E-state index contributed by atoms with van der Waals surface area (Å²) in [6.45, 7) is 6.09. The summed E-state index contributed by atoms with van der Waals surface area (Å²) >= 11 is 0. The molecule has 2 heterocycles.